The van der Waals surface area contributed by atoms with Gasteiger partial charge in [0.2, 0.25) is 0 Å². The molecule has 2 aliphatic rings. The molecule has 2 aliphatic heterocycles. The first-order valence-electron chi connectivity index (χ1n) is 13.9. The molecule has 3 aromatic heterocycles. The van der Waals surface area contributed by atoms with E-state index < -0.39 is 11.9 Å². The van der Waals surface area contributed by atoms with Crippen LogP contribution in [-0.2, 0) is 31.4 Å². The van der Waals surface area contributed by atoms with E-state index in [-0.39, 0.29) is 12.8 Å². The summed E-state index contributed by atoms with van der Waals surface area (Å²) >= 11 is 2.10. The van der Waals surface area contributed by atoms with Crippen molar-refractivity contribution in [2.45, 2.75) is 53.4 Å². The van der Waals surface area contributed by atoms with Crippen LogP contribution in [-0.4, -0.2) is 32.1 Å². The standard InChI is InChI=1S/C34H34N4O4.ClH.Cr/c1-7-21-17(3)25-13-26-19(5)23(9-11-33(39)40)31(37-26)16-32-24(10-12-34(41)42)20(6)28(38-32)15-30-22(8-2)18(4)27(36-30)14-29(21)35-25;;/h7-8,13-16H,1-2,9-12H2,3-6H3,(H4,35,36,37,38,39,40,41,42);1H;/q;;+3/p-3. The Morgan fingerprint density at radius 3 is 1.95 bits per heavy atom. The molecular weight excluding hydrogens is 616 g/mol. The van der Waals surface area contributed by atoms with Crippen molar-refractivity contribution < 1.29 is 35.2 Å². The van der Waals surface area contributed by atoms with E-state index in [0.29, 0.717) is 40.8 Å². The fourth-order valence-corrected chi connectivity index (χ4v) is 5.61. The second-order valence-electron chi connectivity index (χ2n) is 10.6. The second kappa shape index (κ2) is 13.6. The third-order valence-corrected chi connectivity index (χ3v) is 8.06. The molecule has 0 saturated heterocycles. The Bertz CT molecular complexity index is 1930. The molecule has 2 N–H and O–H groups in total. The van der Waals surface area contributed by atoms with Crippen molar-refractivity contribution in [3.8, 4) is 0 Å². The molecule has 0 aromatic carbocycles. The second-order valence-corrected chi connectivity index (χ2v) is 10.6. The number of halogens is 1. The summed E-state index contributed by atoms with van der Waals surface area (Å²) in [4.78, 5) is 42.7. The van der Waals surface area contributed by atoms with Crippen LogP contribution in [0.5, 0.6) is 0 Å². The number of nitrogens with zero attached hydrogens (tertiary/aromatic N) is 4. The van der Waals surface area contributed by atoms with Gasteiger partial charge in [0.05, 0.1) is 22.8 Å². The first kappa shape index (κ1) is 32.7. The molecule has 0 unspecified atom stereocenters. The van der Waals surface area contributed by atoms with Crippen molar-refractivity contribution in [2.75, 3.05) is 0 Å². The number of carboxylic acids is 2. The zero-order valence-electron chi connectivity index (χ0n) is 25.0. The summed E-state index contributed by atoms with van der Waals surface area (Å²) < 4.78 is 0. The van der Waals surface area contributed by atoms with Crippen LogP contribution in [0.15, 0.2) is 43.5 Å². The van der Waals surface area contributed by atoms with Crippen molar-refractivity contribution in [1.29, 1.82) is 0 Å². The number of carbonyl (C=O) groups is 2. The first-order valence-corrected chi connectivity index (χ1v) is 15.7. The summed E-state index contributed by atoms with van der Waals surface area (Å²) in [5, 5.41) is 18.9. The van der Waals surface area contributed by atoms with E-state index in [1.54, 1.807) is 12.2 Å². The summed E-state index contributed by atoms with van der Waals surface area (Å²) in [7, 11) is 4.51. The van der Waals surface area contributed by atoms with Crippen molar-refractivity contribution in [3.05, 3.63) is 88.5 Å². The van der Waals surface area contributed by atoms with Gasteiger partial charge in [-0.05, 0) is 68.9 Å². The molecule has 0 aliphatic carbocycles. The number of aromatic nitrogens is 4. The Morgan fingerprint density at radius 2 is 1.32 bits per heavy atom. The molecule has 0 fully saturated rings. The molecule has 8 nitrogen and oxygen atoms in total. The third kappa shape index (κ3) is 6.36. The SMILES string of the molecule is C=CC1=C(C)c2cc3nc(cc4[n-]c(cc5[n-]c(cc1n2)c(C)c5C=C)c(C)c4CCC(=O)O)C(CCC(=O)O)=C3C.[Cl][Cr+2]. The molecule has 0 atom stereocenters. The Labute approximate surface area is 268 Å². The third-order valence-electron chi connectivity index (χ3n) is 8.06. The molecule has 0 radical (unpaired) electrons. The minimum atomic E-state index is -0.898. The quantitative estimate of drug-likeness (QED) is 0.258. The van der Waals surface area contributed by atoms with E-state index in [1.165, 1.54) is 0 Å². The van der Waals surface area contributed by atoms with Crippen LogP contribution < -0.4 is 9.97 Å². The van der Waals surface area contributed by atoms with E-state index in [4.69, 9.17) is 19.9 Å². The topological polar surface area (TPSA) is 129 Å². The van der Waals surface area contributed by atoms with Crippen LogP contribution in [0.1, 0.15) is 78.1 Å². The van der Waals surface area contributed by atoms with E-state index in [0.717, 1.165) is 61.5 Å². The van der Waals surface area contributed by atoms with Gasteiger partial charge in [-0.2, -0.15) is 0 Å². The molecule has 3 aromatic rings. The summed E-state index contributed by atoms with van der Waals surface area (Å²) in [5.74, 6) is -1.80. The number of fused-ring (bicyclic) bond motifs is 8. The Hall–Kier alpha value is -4.16. The molecule has 10 heteroatoms. The van der Waals surface area contributed by atoms with E-state index >= 15 is 0 Å². The normalized spacial score (nSPS) is 12.5. The van der Waals surface area contributed by atoms with Crippen molar-refractivity contribution in [2.24, 2.45) is 0 Å². The molecule has 225 valence electrons. The first-order chi connectivity index (χ1) is 21.0. The van der Waals surface area contributed by atoms with Gasteiger partial charge in [0.15, 0.2) is 0 Å². The number of carboxylic acid groups (broad SMARTS) is 2. The van der Waals surface area contributed by atoms with E-state index in [9.17, 15) is 19.8 Å². The van der Waals surface area contributed by atoms with Gasteiger partial charge in [-0.1, -0.05) is 60.2 Å². The monoisotopic (exact) mass is 647 g/mol. The van der Waals surface area contributed by atoms with Gasteiger partial charge in [0.1, 0.15) is 0 Å². The number of rotatable bonds is 8. The van der Waals surface area contributed by atoms with Crippen LogP contribution in [0.2, 0.25) is 0 Å². The molecule has 0 spiro atoms. The van der Waals surface area contributed by atoms with Gasteiger partial charge >= 0.3 is 37.4 Å². The fourth-order valence-electron chi connectivity index (χ4n) is 5.61. The predicted octanol–water partition coefficient (Wildman–Crippen LogP) is 7.45. The van der Waals surface area contributed by atoms with Gasteiger partial charge in [-0.3, -0.25) is 9.59 Å². The van der Waals surface area contributed by atoms with Crippen molar-refractivity contribution in [3.63, 3.8) is 0 Å². The summed E-state index contributed by atoms with van der Waals surface area (Å²) in [6, 6.07) is 7.62. The van der Waals surface area contributed by atoms with Crippen LogP contribution in [0, 0.1) is 13.8 Å². The summed E-state index contributed by atoms with van der Waals surface area (Å²) in [6.07, 6.45) is 4.06. The molecule has 0 amide bonds. The Kier molecular flexibility index (Phi) is 10.2. The van der Waals surface area contributed by atoms with Gasteiger partial charge in [-0.15, -0.1) is 22.1 Å². The number of aliphatic carboxylic acids is 2. The maximum absolute atomic E-state index is 11.5. The Balaban J connectivity index is 0.00000216. The molecule has 5 heterocycles. The van der Waals surface area contributed by atoms with Crippen LogP contribution >= 0.6 is 10.0 Å². The number of hydrogen-bond acceptors (Lipinski definition) is 4. The minimum absolute atomic E-state index is 0.0486. The van der Waals surface area contributed by atoms with E-state index in [1.807, 2.05) is 52.0 Å². The summed E-state index contributed by atoms with van der Waals surface area (Å²) in [6.45, 7) is 15.9. The zero-order valence-corrected chi connectivity index (χ0v) is 27.0. The number of hydrogen-bond donors (Lipinski definition) is 2. The molecule has 5 rings (SSSR count). The predicted molar refractivity (Wildman–Crippen MR) is 172 cm³/mol. The Morgan fingerprint density at radius 1 is 0.750 bits per heavy atom. The molecular formula is C34H32ClCrN4O4. The number of aryl methyl sites for hydroxylation is 3. The molecule has 8 bridgehead atoms. The van der Waals surface area contributed by atoms with Crippen LogP contribution in [0.4, 0.5) is 0 Å². The molecule has 0 saturated carbocycles. The zero-order chi connectivity index (χ0) is 32.3. The van der Waals surface area contributed by atoms with Gasteiger partial charge in [0, 0.05) is 18.4 Å². The average Bonchev–Trinajstić information content (AvgIpc) is 3.64. The van der Waals surface area contributed by atoms with Gasteiger partial charge in [-0.25, -0.2) is 9.97 Å². The van der Waals surface area contributed by atoms with Gasteiger partial charge < -0.3 is 20.2 Å². The fraction of sp³-hybridized carbons (Fsp3) is 0.235. The van der Waals surface area contributed by atoms with Crippen molar-refractivity contribution >= 4 is 72.4 Å². The molecule has 44 heavy (non-hydrogen) atoms. The number of allylic oxidation sites excluding steroid dienone is 5. The average molecular weight is 648 g/mol. The maximum atomic E-state index is 11.5. The van der Waals surface area contributed by atoms with Gasteiger partial charge in [0.25, 0.3) is 0 Å². The summed E-state index contributed by atoms with van der Waals surface area (Å²) in [5.41, 5.74) is 12.6. The van der Waals surface area contributed by atoms with Crippen LogP contribution in [0.3, 0.4) is 0 Å². The van der Waals surface area contributed by atoms with E-state index in [2.05, 4.69) is 38.6 Å². The van der Waals surface area contributed by atoms with Crippen LogP contribution in [0.25, 0.3) is 50.4 Å². The van der Waals surface area contributed by atoms with Crippen molar-refractivity contribution in [1.82, 2.24) is 19.9 Å².